The normalized spacial score (nSPS) is 10.7. The highest BCUT2D eigenvalue weighted by molar-refractivity contribution is 5.94. The molecule has 0 aliphatic carbocycles. The summed E-state index contributed by atoms with van der Waals surface area (Å²) in [6.07, 6.45) is 2.98. The first-order valence-corrected chi connectivity index (χ1v) is 7.17. The lowest BCUT2D eigenvalue weighted by Gasteiger charge is -2.21. The zero-order chi connectivity index (χ0) is 13.7. The zero-order valence-corrected chi connectivity index (χ0v) is 12.1. The fraction of sp³-hybridized carbons (Fsp3) is 0.438. The van der Waals surface area contributed by atoms with Crippen molar-refractivity contribution in [2.45, 2.75) is 27.2 Å². The SMILES string of the molecule is CCCNc1nccc2ccc(N(CC)CC)cc12. The summed E-state index contributed by atoms with van der Waals surface area (Å²) in [6.45, 7) is 9.56. The minimum absolute atomic E-state index is 0.960. The van der Waals surface area contributed by atoms with Crippen LogP contribution < -0.4 is 10.2 Å². The Kier molecular flexibility index (Phi) is 4.61. The van der Waals surface area contributed by atoms with Gasteiger partial charge in [-0.25, -0.2) is 4.98 Å². The molecule has 0 saturated heterocycles. The molecule has 0 aliphatic rings. The molecule has 3 heteroatoms. The molecule has 19 heavy (non-hydrogen) atoms. The van der Waals surface area contributed by atoms with Gasteiger partial charge in [0.25, 0.3) is 0 Å². The standard InChI is InChI=1S/C16H23N3/c1-4-10-17-16-15-12-14(19(5-2)6-3)8-7-13(15)9-11-18-16/h7-9,11-12H,4-6,10H2,1-3H3,(H,17,18). The smallest absolute Gasteiger partial charge is 0.133 e. The van der Waals surface area contributed by atoms with Crippen molar-refractivity contribution >= 4 is 22.3 Å². The van der Waals surface area contributed by atoms with E-state index in [-0.39, 0.29) is 0 Å². The van der Waals surface area contributed by atoms with E-state index in [4.69, 9.17) is 0 Å². The molecule has 102 valence electrons. The van der Waals surface area contributed by atoms with Gasteiger partial charge >= 0.3 is 0 Å². The maximum Gasteiger partial charge on any atom is 0.133 e. The van der Waals surface area contributed by atoms with Crippen LogP contribution in [0.25, 0.3) is 10.8 Å². The third-order valence-corrected chi connectivity index (χ3v) is 3.42. The Morgan fingerprint density at radius 2 is 1.89 bits per heavy atom. The van der Waals surface area contributed by atoms with E-state index in [0.717, 1.165) is 31.9 Å². The molecule has 1 aromatic heterocycles. The monoisotopic (exact) mass is 257 g/mol. The fourth-order valence-electron chi connectivity index (χ4n) is 2.33. The minimum Gasteiger partial charge on any atom is -0.372 e. The minimum atomic E-state index is 0.960. The van der Waals surface area contributed by atoms with Crippen molar-refractivity contribution < 1.29 is 0 Å². The van der Waals surface area contributed by atoms with Gasteiger partial charge in [-0.05, 0) is 43.9 Å². The number of pyridine rings is 1. The molecular weight excluding hydrogens is 234 g/mol. The van der Waals surface area contributed by atoms with Gasteiger partial charge < -0.3 is 10.2 Å². The number of nitrogens with one attached hydrogen (secondary N) is 1. The molecule has 0 atom stereocenters. The maximum absolute atomic E-state index is 4.47. The highest BCUT2D eigenvalue weighted by Crippen LogP contribution is 2.26. The van der Waals surface area contributed by atoms with Gasteiger partial charge in [-0.15, -0.1) is 0 Å². The largest absolute Gasteiger partial charge is 0.372 e. The molecule has 0 unspecified atom stereocenters. The summed E-state index contributed by atoms with van der Waals surface area (Å²) in [5, 5.41) is 5.86. The summed E-state index contributed by atoms with van der Waals surface area (Å²) in [5.74, 6) is 0.994. The Morgan fingerprint density at radius 1 is 1.11 bits per heavy atom. The number of fused-ring (bicyclic) bond motifs is 1. The molecule has 0 saturated carbocycles. The highest BCUT2D eigenvalue weighted by atomic mass is 15.1. The molecule has 1 heterocycles. The number of hydrogen-bond donors (Lipinski definition) is 1. The topological polar surface area (TPSA) is 28.2 Å². The summed E-state index contributed by atoms with van der Waals surface area (Å²) in [7, 11) is 0. The summed E-state index contributed by atoms with van der Waals surface area (Å²) in [5.41, 5.74) is 1.27. The molecule has 0 amide bonds. The van der Waals surface area contributed by atoms with E-state index >= 15 is 0 Å². The van der Waals surface area contributed by atoms with Crippen LogP contribution in [0, 0.1) is 0 Å². The lowest BCUT2D eigenvalue weighted by molar-refractivity contribution is 0.867. The van der Waals surface area contributed by atoms with Gasteiger partial charge in [0.05, 0.1) is 0 Å². The first kappa shape index (κ1) is 13.7. The molecule has 3 nitrogen and oxygen atoms in total. The Bertz CT molecular complexity index is 533. The highest BCUT2D eigenvalue weighted by Gasteiger charge is 2.06. The number of nitrogens with zero attached hydrogens (tertiary/aromatic N) is 2. The molecular formula is C16H23N3. The summed E-state index contributed by atoms with van der Waals surface area (Å²) in [6, 6.07) is 8.69. The van der Waals surface area contributed by atoms with Crippen LogP contribution in [-0.4, -0.2) is 24.6 Å². The van der Waals surface area contributed by atoms with Crippen molar-refractivity contribution in [1.82, 2.24) is 4.98 Å². The van der Waals surface area contributed by atoms with Crippen molar-refractivity contribution in [2.24, 2.45) is 0 Å². The Labute approximate surface area is 115 Å². The van der Waals surface area contributed by atoms with Crippen molar-refractivity contribution in [1.29, 1.82) is 0 Å². The lowest BCUT2D eigenvalue weighted by Crippen LogP contribution is -2.21. The zero-order valence-electron chi connectivity index (χ0n) is 12.1. The van der Waals surface area contributed by atoms with Crippen LogP contribution in [0.2, 0.25) is 0 Å². The first-order chi connectivity index (χ1) is 9.30. The van der Waals surface area contributed by atoms with Gasteiger partial charge in [0.15, 0.2) is 0 Å². The van der Waals surface area contributed by atoms with E-state index in [2.05, 4.69) is 60.2 Å². The lowest BCUT2D eigenvalue weighted by atomic mass is 10.1. The van der Waals surface area contributed by atoms with Crippen LogP contribution in [0.5, 0.6) is 0 Å². The van der Waals surface area contributed by atoms with Crippen molar-refractivity contribution in [3.05, 3.63) is 30.5 Å². The maximum atomic E-state index is 4.47. The third kappa shape index (κ3) is 2.98. The van der Waals surface area contributed by atoms with Crippen LogP contribution in [0.4, 0.5) is 11.5 Å². The van der Waals surface area contributed by atoms with Gasteiger partial charge in [0.2, 0.25) is 0 Å². The van der Waals surface area contributed by atoms with Crippen molar-refractivity contribution in [3.63, 3.8) is 0 Å². The van der Waals surface area contributed by atoms with Gasteiger partial charge in [-0.1, -0.05) is 13.0 Å². The van der Waals surface area contributed by atoms with E-state index in [1.165, 1.54) is 16.5 Å². The molecule has 2 aromatic rings. The molecule has 1 aromatic carbocycles. The fourth-order valence-corrected chi connectivity index (χ4v) is 2.33. The molecule has 0 radical (unpaired) electrons. The van der Waals surface area contributed by atoms with Gasteiger partial charge in [0.1, 0.15) is 5.82 Å². The number of hydrogen-bond acceptors (Lipinski definition) is 3. The van der Waals surface area contributed by atoms with Gasteiger partial charge in [0, 0.05) is 36.9 Å². The average molecular weight is 257 g/mol. The predicted molar refractivity (Wildman–Crippen MR) is 84.1 cm³/mol. The predicted octanol–water partition coefficient (Wildman–Crippen LogP) is 3.90. The summed E-state index contributed by atoms with van der Waals surface area (Å²) < 4.78 is 0. The second-order valence-electron chi connectivity index (χ2n) is 4.66. The van der Waals surface area contributed by atoms with Crippen LogP contribution in [0.1, 0.15) is 27.2 Å². The van der Waals surface area contributed by atoms with Crippen molar-refractivity contribution in [3.8, 4) is 0 Å². The Hall–Kier alpha value is -1.77. The second-order valence-corrected chi connectivity index (χ2v) is 4.66. The van der Waals surface area contributed by atoms with E-state index in [1.54, 1.807) is 0 Å². The molecule has 1 N–H and O–H groups in total. The number of rotatable bonds is 6. The van der Waals surface area contributed by atoms with E-state index in [0.29, 0.717) is 0 Å². The van der Waals surface area contributed by atoms with Crippen molar-refractivity contribution in [2.75, 3.05) is 29.9 Å². The van der Waals surface area contributed by atoms with Crippen LogP contribution >= 0.6 is 0 Å². The van der Waals surface area contributed by atoms with E-state index in [1.807, 2.05) is 6.20 Å². The number of benzene rings is 1. The van der Waals surface area contributed by atoms with Gasteiger partial charge in [-0.3, -0.25) is 0 Å². The quantitative estimate of drug-likeness (QED) is 0.850. The van der Waals surface area contributed by atoms with Crippen LogP contribution in [-0.2, 0) is 0 Å². The summed E-state index contributed by atoms with van der Waals surface area (Å²) >= 11 is 0. The average Bonchev–Trinajstić information content (AvgIpc) is 2.46. The first-order valence-electron chi connectivity index (χ1n) is 7.17. The molecule has 0 aliphatic heterocycles. The third-order valence-electron chi connectivity index (χ3n) is 3.42. The molecule has 0 spiro atoms. The second kappa shape index (κ2) is 6.41. The summed E-state index contributed by atoms with van der Waals surface area (Å²) in [4.78, 5) is 6.82. The Morgan fingerprint density at radius 3 is 2.58 bits per heavy atom. The number of aromatic nitrogens is 1. The van der Waals surface area contributed by atoms with E-state index < -0.39 is 0 Å². The van der Waals surface area contributed by atoms with Crippen LogP contribution in [0.15, 0.2) is 30.5 Å². The Balaban J connectivity index is 2.43. The van der Waals surface area contributed by atoms with Gasteiger partial charge in [-0.2, -0.15) is 0 Å². The molecule has 0 fully saturated rings. The molecule has 0 bridgehead atoms. The van der Waals surface area contributed by atoms with E-state index in [9.17, 15) is 0 Å². The van der Waals surface area contributed by atoms with Crippen LogP contribution in [0.3, 0.4) is 0 Å². The number of anilines is 2. The molecule has 2 rings (SSSR count).